The molecule has 0 aliphatic carbocycles. The summed E-state index contributed by atoms with van der Waals surface area (Å²) in [6.07, 6.45) is 2.44. The second-order valence-electron chi connectivity index (χ2n) is 9.74. The third kappa shape index (κ3) is 2.05. The van der Waals surface area contributed by atoms with E-state index in [0.29, 0.717) is 0 Å². The van der Waals surface area contributed by atoms with E-state index in [9.17, 15) is 0 Å². The first-order valence-electron chi connectivity index (χ1n) is 11.5. The van der Waals surface area contributed by atoms with Crippen molar-refractivity contribution in [1.82, 2.24) is 0 Å². The Morgan fingerprint density at radius 1 is 0.839 bits per heavy atom. The molecule has 3 atom stereocenters. The van der Waals surface area contributed by atoms with Gasteiger partial charge in [-0.3, -0.25) is 0 Å². The van der Waals surface area contributed by atoms with Gasteiger partial charge < -0.3 is 14.2 Å². The highest BCUT2D eigenvalue weighted by molar-refractivity contribution is 6.11. The number of rotatable bonds is 2. The van der Waals surface area contributed by atoms with Crippen molar-refractivity contribution in [3.8, 4) is 0 Å². The van der Waals surface area contributed by atoms with Crippen LogP contribution in [0.15, 0.2) is 65.1 Å². The first-order valence-corrected chi connectivity index (χ1v) is 11.5. The number of hydrogen-bond acceptors (Lipinski definition) is 3. The number of fused-ring (bicyclic) bond motifs is 9. The highest BCUT2D eigenvalue weighted by Crippen LogP contribution is 2.64. The summed E-state index contributed by atoms with van der Waals surface area (Å²) in [6, 6.07) is 21.9. The Kier molecular flexibility index (Phi) is 3.68. The summed E-state index contributed by atoms with van der Waals surface area (Å²) in [5, 5.41) is 2.40. The smallest absolute Gasteiger partial charge is 0.159 e. The van der Waals surface area contributed by atoms with Crippen LogP contribution in [0.25, 0.3) is 21.9 Å². The average molecular weight is 411 g/mol. The third-order valence-corrected chi connectivity index (χ3v) is 8.76. The van der Waals surface area contributed by atoms with E-state index in [-0.39, 0.29) is 17.0 Å². The second-order valence-corrected chi connectivity index (χ2v) is 9.74. The van der Waals surface area contributed by atoms with Gasteiger partial charge in [-0.1, -0.05) is 70.2 Å². The molecule has 3 unspecified atom stereocenters. The van der Waals surface area contributed by atoms with Gasteiger partial charge in [0, 0.05) is 28.7 Å². The van der Waals surface area contributed by atoms with Gasteiger partial charge in [0.2, 0.25) is 0 Å². The fourth-order valence-electron chi connectivity index (χ4n) is 6.58. The molecule has 2 aliphatic heterocycles. The summed E-state index contributed by atoms with van der Waals surface area (Å²) in [6.45, 7) is 9.66. The number of nitrogens with zero attached hydrogens (tertiary/aromatic N) is 2. The van der Waals surface area contributed by atoms with Gasteiger partial charge in [0.15, 0.2) is 5.58 Å². The molecular weight excluding hydrogens is 380 g/mol. The van der Waals surface area contributed by atoms with Crippen LogP contribution in [-0.4, -0.2) is 13.2 Å². The van der Waals surface area contributed by atoms with Crippen LogP contribution in [0.3, 0.4) is 0 Å². The molecule has 2 aliphatic rings. The molecule has 3 aromatic carbocycles. The minimum atomic E-state index is 0.0295. The number of para-hydroxylation sites is 3. The normalized spacial score (nSPS) is 26.9. The van der Waals surface area contributed by atoms with Crippen molar-refractivity contribution in [3.63, 3.8) is 0 Å². The Labute approximate surface area is 184 Å². The average Bonchev–Trinajstić information content (AvgIpc) is 3.33. The molecule has 0 spiro atoms. The lowest BCUT2D eigenvalue weighted by molar-refractivity contribution is 0.0946. The topological polar surface area (TPSA) is 19.6 Å². The lowest BCUT2D eigenvalue weighted by atomic mass is 9.55. The lowest BCUT2D eigenvalue weighted by Gasteiger charge is -2.58. The van der Waals surface area contributed by atoms with Crippen LogP contribution in [0.2, 0.25) is 0 Å². The van der Waals surface area contributed by atoms with Gasteiger partial charge in [-0.05, 0) is 36.6 Å². The molecule has 158 valence electrons. The van der Waals surface area contributed by atoms with Crippen LogP contribution in [0.5, 0.6) is 0 Å². The van der Waals surface area contributed by atoms with E-state index in [0.717, 1.165) is 24.0 Å². The molecule has 1 aromatic heterocycles. The zero-order valence-corrected chi connectivity index (χ0v) is 19.1. The summed E-state index contributed by atoms with van der Waals surface area (Å²) in [5.74, 6) is 0. The van der Waals surface area contributed by atoms with Gasteiger partial charge in [-0.2, -0.15) is 0 Å². The van der Waals surface area contributed by atoms with E-state index in [1.807, 2.05) is 0 Å². The molecule has 0 N–H and O–H groups in total. The van der Waals surface area contributed by atoms with E-state index in [1.165, 1.54) is 33.4 Å². The van der Waals surface area contributed by atoms with E-state index < -0.39 is 0 Å². The Morgan fingerprint density at radius 2 is 1.55 bits per heavy atom. The van der Waals surface area contributed by atoms with Crippen LogP contribution >= 0.6 is 0 Å². The minimum Gasteiger partial charge on any atom is -0.454 e. The summed E-state index contributed by atoms with van der Waals surface area (Å²) in [5.41, 5.74) is 7.33. The van der Waals surface area contributed by atoms with Gasteiger partial charge in [0.05, 0.1) is 17.1 Å². The van der Waals surface area contributed by atoms with Crippen molar-refractivity contribution in [3.05, 3.63) is 66.2 Å². The predicted molar refractivity (Wildman–Crippen MR) is 131 cm³/mol. The van der Waals surface area contributed by atoms with Crippen LogP contribution in [-0.2, 0) is 5.41 Å². The van der Waals surface area contributed by atoms with Crippen LogP contribution in [0.4, 0.5) is 17.1 Å². The molecule has 3 nitrogen and oxygen atoms in total. The molecule has 3 heteroatoms. The van der Waals surface area contributed by atoms with Crippen molar-refractivity contribution in [2.45, 2.75) is 52.1 Å². The van der Waals surface area contributed by atoms with E-state index in [1.54, 1.807) is 0 Å². The van der Waals surface area contributed by atoms with Crippen LogP contribution < -0.4 is 9.80 Å². The second kappa shape index (κ2) is 6.06. The monoisotopic (exact) mass is 410 g/mol. The number of hydrogen-bond donors (Lipinski definition) is 0. The largest absolute Gasteiger partial charge is 0.454 e. The van der Waals surface area contributed by atoms with Crippen molar-refractivity contribution < 1.29 is 4.42 Å². The summed E-state index contributed by atoms with van der Waals surface area (Å²) < 4.78 is 6.59. The first kappa shape index (κ1) is 18.8. The molecule has 0 fully saturated rings. The number of benzene rings is 3. The Morgan fingerprint density at radius 3 is 2.29 bits per heavy atom. The molecule has 0 saturated heterocycles. The molecule has 6 rings (SSSR count). The third-order valence-electron chi connectivity index (χ3n) is 8.76. The number of furan rings is 1. The molecule has 3 heterocycles. The lowest BCUT2D eigenvalue weighted by Crippen LogP contribution is -2.62. The molecular formula is C28H30N2O. The van der Waals surface area contributed by atoms with Gasteiger partial charge in [-0.15, -0.1) is 0 Å². The van der Waals surface area contributed by atoms with Gasteiger partial charge in [-0.25, -0.2) is 0 Å². The van der Waals surface area contributed by atoms with Crippen molar-refractivity contribution in [2.24, 2.45) is 5.41 Å². The predicted octanol–water partition coefficient (Wildman–Crippen LogP) is 7.60. The molecule has 0 bridgehead atoms. The molecule has 0 radical (unpaired) electrons. The molecule has 4 aromatic rings. The quantitative estimate of drug-likeness (QED) is 0.339. The van der Waals surface area contributed by atoms with Crippen LogP contribution in [0, 0.1) is 5.41 Å². The Hall–Kier alpha value is -2.94. The Bertz CT molecular complexity index is 1340. The highest BCUT2D eigenvalue weighted by atomic mass is 16.3. The van der Waals surface area contributed by atoms with Gasteiger partial charge >= 0.3 is 0 Å². The summed E-state index contributed by atoms with van der Waals surface area (Å²) in [4.78, 5) is 5.08. The maximum Gasteiger partial charge on any atom is 0.159 e. The first-order chi connectivity index (χ1) is 15.0. The maximum atomic E-state index is 6.59. The van der Waals surface area contributed by atoms with Gasteiger partial charge in [0.25, 0.3) is 0 Å². The summed E-state index contributed by atoms with van der Waals surface area (Å²) >= 11 is 0. The SMILES string of the molecule is CCC1(C)c2ccc3c(oc4ccccc43)c2N2c3ccccc3N(C)C2C1(C)CC. The zero-order valence-electron chi connectivity index (χ0n) is 19.1. The fraction of sp³-hybridized carbons (Fsp3) is 0.357. The zero-order chi connectivity index (χ0) is 21.5. The van der Waals surface area contributed by atoms with E-state index in [4.69, 9.17) is 4.42 Å². The minimum absolute atomic E-state index is 0.0295. The fourth-order valence-corrected chi connectivity index (χ4v) is 6.58. The standard InChI is InChI=1S/C28H30N2O/c1-6-27(3)20-17-16-19-18-12-8-11-15-23(18)31-25(19)24(20)30-22-14-10-9-13-21(22)29(5)26(30)28(27,4)7-2/h8-17,26H,6-7H2,1-5H3. The van der Waals surface area contributed by atoms with Crippen molar-refractivity contribution in [1.29, 1.82) is 0 Å². The Balaban J connectivity index is 1.79. The van der Waals surface area contributed by atoms with Crippen molar-refractivity contribution in [2.75, 3.05) is 16.8 Å². The summed E-state index contributed by atoms with van der Waals surface area (Å²) in [7, 11) is 2.26. The number of anilines is 3. The highest BCUT2D eigenvalue weighted by Gasteiger charge is 2.60. The molecule has 0 amide bonds. The van der Waals surface area contributed by atoms with Crippen molar-refractivity contribution >= 4 is 39.0 Å². The van der Waals surface area contributed by atoms with Gasteiger partial charge in [0.1, 0.15) is 11.7 Å². The van der Waals surface area contributed by atoms with E-state index >= 15 is 0 Å². The molecule has 0 saturated carbocycles. The van der Waals surface area contributed by atoms with E-state index in [2.05, 4.69) is 105 Å². The maximum absolute atomic E-state index is 6.59. The molecule has 31 heavy (non-hydrogen) atoms. The van der Waals surface area contributed by atoms with Crippen LogP contribution in [0.1, 0.15) is 46.1 Å².